The first-order valence-corrected chi connectivity index (χ1v) is 9.22. The van der Waals surface area contributed by atoms with Crippen molar-refractivity contribution in [3.05, 3.63) is 34.2 Å². The van der Waals surface area contributed by atoms with E-state index in [4.69, 9.17) is 0 Å². The lowest BCUT2D eigenvalue weighted by Crippen LogP contribution is -2.34. The molecule has 1 N–H and O–H groups in total. The smallest absolute Gasteiger partial charge is 0.171 e. The molecule has 0 spiro atoms. The van der Waals surface area contributed by atoms with Crippen molar-refractivity contribution in [1.82, 2.24) is 0 Å². The molecule has 0 amide bonds. The van der Waals surface area contributed by atoms with Gasteiger partial charge in [0.15, 0.2) is 5.78 Å². The molecule has 0 saturated heterocycles. The number of carbonyl (C=O) groups excluding carboxylic acids is 1. The van der Waals surface area contributed by atoms with E-state index in [0.717, 1.165) is 10.6 Å². The van der Waals surface area contributed by atoms with Gasteiger partial charge in [-0.05, 0) is 60.6 Å². The van der Waals surface area contributed by atoms with Gasteiger partial charge in [0, 0.05) is 37.6 Å². The molecule has 0 fully saturated rings. The van der Waals surface area contributed by atoms with Crippen molar-refractivity contribution >= 4 is 28.5 Å². The summed E-state index contributed by atoms with van der Waals surface area (Å²) in [4.78, 5) is 16.4. The predicted octanol–water partition coefficient (Wildman–Crippen LogP) is 4.36. The molecule has 3 nitrogen and oxygen atoms in total. The lowest BCUT2D eigenvalue weighted by molar-refractivity contribution is 0.102. The third kappa shape index (κ3) is 2.45. The zero-order valence-electron chi connectivity index (χ0n) is 13.7. The van der Waals surface area contributed by atoms with E-state index in [1.807, 2.05) is 7.05 Å². The Labute approximate surface area is 141 Å². The fourth-order valence-electron chi connectivity index (χ4n) is 3.93. The minimum Gasteiger partial charge on any atom is -0.387 e. The average molecular weight is 326 g/mol. The number of carbonyl (C=O) groups is 1. The first-order valence-electron chi connectivity index (χ1n) is 8.41. The lowest BCUT2D eigenvalue weighted by atomic mass is 9.90. The molecule has 2 aliphatic heterocycles. The molecule has 0 radical (unpaired) electrons. The van der Waals surface area contributed by atoms with Crippen LogP contribution in [0.2, 0.25) is 0 Å². The second-order valence-electron chi connectivity index (χ2n) is 6.50. The third-order valence-electron chi connectivity index (χ3n) is 4.94. The highest BCUT2D eigenvalue weighted by Gasteiger charge is 2.25. The van der Waals surface area contributed by atoms with Crippen LogP contribution in [0.3, 0.4) is 0 Å². The predicted molar refractivity (Wildman–Crippen MR) is 98.2 cm³/mol. The number of benzene rings is 1. The fourth-order valence-corrected chi connectivity index (χ4v) is 4.97. The molecule has 3 heterocycles. The summed E-state index contributed by atoms with van der Waals surface area (Å²) in [6.07, 6.45) is 4.86. The van der Waals surface area contributed by atoms with E-state index in [2.05, 4.69) is 28.4 Å². The van der Waals surface area contributed by atoms with Crippen molar-refractivity contribution in [2.24, 2.45) is 0 Å². The molecule has 23 heavy (non-hydrogen) atoms. The van der Waals surface area contributed by atoms with Crippen molar-refractivity contribution in [2.45, 2.75) is 32.6 Å². The van der Waals surface area contributed by atoms with Crippen LogP contribution in [0.25, 0.3) is 10.4 Å². The first kappa shape index (κ1) is 14.8. The standard InChI is InChI=1S/C19H22N2OS/c1-12(22)19-16(20-2)11-17(23-19)15-9-13-5-3-7-21-8-4-6-14(10-15)18(13)21/h9-11,20H,3-8H2,1-2H3. The van der Waals surface area contributed by atoms with Crippen LogP contribution in [0, 0.1) is 0 Å². The van der Waals surface area contributed by atoms with E-state index >= 15 is 0 Å². The molecule has 2 aliphatic rings. The largest absolute Gasteiger partial charge is 0.387 e. The zero-order chi connectivity index (χ0) is 16.0. The summed E-state index contributed by atoms with van der Waals surface area (Å²) in [5.74, 6) is 0.135. The second kappa shape index (κ2) is 5.68. The Morgan fingerprint density at radius 3 is 2.30 bits per heavy atom. The maximum atomic E-state index is 11.8. The van der Waals surface area contributed by atoms with Crippen LogP contribution in [0.1, 0.15) is 40.6 Å². The van der Waals surface area contributed by atoms with Crippen LogP contribution in [-0.2, 0) is 12.8 Å². The number of Topliss-reactive ketones (excluding diaryl/α,β-unsaturated/α-hetero) is 1. The summed E-state index contributed by atoms with van der Waals surface area (Å²) in [5.41, 5.74) is 6.71. The van der Waals surface area contributed by atoms with Crippen molar-refractivity contribution < 1.29 is 4.79 Å². The maximum absolute atomic E-state index is 11.8. The van der Waals surface area contributed by atoms with E-state index in [-0.39, 0.29) is 5.78 Å². The first-order chi connectivity index (χ1) is 11.2. The molecule has 0 aliphatic carbocycles. The van der Waals surface area contributed by atoms with E-state index < -0.39 is 0 Å². The molecule has 1 aromatic heterocycles. The van der Waals surface area contributed by atoms with Crippen molar-refractivity contribution in [3.8, 4) is 10.4 Å². The quantitative estimate of drug-likeness (QED) is 0.851. The molecule has 4 rings (SSSR count). The SMILES string of the molecule is CNc1cc(-c2cc3c4c(c2)CCCN4CCC3)sc1C(C)=O. The van der Waals surface area contributed by atoms with Gasteiger partial charge in [-0.25, -0.2) is 0 Å². The molecule has 0 atom stereocenters. The summed E-state index contributed by atoms with van der Waals surface area (Å²) in [7, 11) is 1.88. The highest BCUT2D eigenvalue weighted by Crippen LogP contribution is 2.41. The number of aryl methyl sites for hydroxylation is 2. The number of ketones is 1. The monoisotopic (exact) mass is 326 g/mol. The topological polar surface area (TPSA) is 32.3 Å². The number of anilines is 2. The minimum absolute atomic E-state index is 0.135. The van der Waals surface area contributed by atoms with Crippen molar-refractivity contribution in [1.29, 1.82) is 0 Å². The molecular formula is C19H22N2OS. The van der Waals surface area contributed by atoms with Gasteiger partial charge in [0.2, 0.25) is 0 Å². The summed E-state index contributed by atoms with van der Waals surface area (Å²) < 4.78 is 0. The van der Waals surface area contributed by atoms with Gasteiger partial charge in [-0.15, -0.1) is 11.3 Å². The van der Waals surface area contributed by atoms with E-state index in [1.165, 1.54) is 66.0 Å². The Kier molecular flexibility index (Phi) is 3.64. The number of nitrogens with one attached hydrogen (secondary N) is 1. The maximum Gasteiger partial charge on any atom is 0.171 e. The molecular weight excluding hydrogens is 304 g/mol. The second-order valence-corrected chi connectivity index (χ2v) is 7.55. The van der Waals surface area contributed by atoms with E-state index in [0.29, 0.717) is 0 Å². The molecule has 2 aromatic rings. The van der Waals surface area contributed by atoms with Crippen molar-refractivity contribution in [3.63, 3.8) is 0 Å². The highest BCUT2D eigenvalue weighted by molar-refractivity contribution is 7.18. The number of nitrogens with zero attached hydrogens (tertiary/aromatic N) is 1. The van der Waals surface area contributed by atoms with Crippen LogP contribution < -0.4 is 10.2 Å². The molecule has 0 bridgehead atoms. The molecule has 1 aromatic carbocycles. The lowest BCUT2D eigenvalue weighted by Gasteiger charge is -2.37. The molecule has 120 valence electrons. The number of rotatable bonds is 3. The summed E-state index contributed by atoms with van der Waals surface area (Å²) >= 11 is 1.61. The van der Waals surface area contributed by atoms with Gasteiger partial charge < -0.3 is 10.2 Å². The highest BCUT2D eigenvalue weighted by atomic mass is 32.1. The van der Waals surface area contributed by atoms with Gasteiger partial charge in [0.1, 0.15) is 0 Å². The van der Waals surface area contributed by atoms with Gasteiger partial charge in [-0.1, -0.05) is 0 Å². The van der Waals surface area contributed by atoms with Crippen LogP contribution in [0.4, 0.5) is 11.4 Å². The molecule has 0 unspecified atom stereocenters. The van der Waals surface area contributed by atoms with Gasteiger partial charge in [0.05, 0.1) is 10.6 Å². The normalized spacial score (nSPS) is 16.2. The Morgan fingerprint density at radius 1 is 1.13 bits per heavy atom. The van der Waals surface area contributed by atoms with Gasteiger partial charge >= 0.3 is 0 Å². The Hall–Kier alpha value is -1.81. The average Bonchev–Trinajstić information content (AvgIpc) is 3.00. The number of hydrogen-bond acceptors (Lipinski definition) is 4. The van der Waals surface area contributed by atoms with E-state index in [9.17, 15) is 4.79 Å². The zero-order valence-corrected chi connectivity index (χ0v) is 14.6. The van der Waals surface area contributed by atoms with Gasteiger partial charge in [-0.3, -0.25) is 4.79 Å². The summed E-state index contributed by atoms with van der Waals surface area (Å²) in [6, 6.07) is 6.83. The van der Waals surface area contributed by atoms with Gasteiger partial charge in [-0.2, -0.15) is 0 Å². The summed E-state index contributed by atoms with van der Waals surface area (Å²) in [6.45, 7) is 4.05. The third-order valence-corrected chi connectivity index (χ3v) is 6.22. The Bertz CT molecular complexity index is 747. The summed E-state index contributed by atoms with van der Waals surface area (Å²) in [5, 5.41) is 3.16. The van der Waals surface area contributed by atoms with Crippen LogP contribution in [0.15, 0.2) is 18.2 Å². The fraction of sp³-hybridized carbons (Fsp3) is 0.421. The van der Waals surface area contributed by atoms with Crippen molar-refractivity contribution in [2.75, 3.05) is 30.4 Å². The van der Waals surface area contributed by atoms with Crippen LogP contribution in [-0.4, -0.2) is 25.9 Å². The Balaban J connectivity index is 1.83. The molecule has 4 heteroatoms. The van der Waals surface area contributed by atoms with Crippen LogP contribution in [0.5, 0.6) is 0 Å². The van der Waals surface area contributed by atoms with Gasteiger partial charge in [0.25, 0.3) is 0 Å². The van der Waals surface area contributed by atoms with Crippen LogP contribution >= 0.6 is 11.3 Å². The minimum atomic E-state index is 0.135. The Morgan fingerprint density at radius 2 is 1.78 bits per heavy atom. The van der Waals surface area contributed by atoms with E-state index in [1.54, 1.807) is 18.3 Å². The number of thiophene rings is 1. The molecule has 0 saturated carbocycles. The number of hydrogen-bond donors (Lipinski definition) is 1.